The van der Waals surface area contributed by atoms with Gasteiger partial charge in [0.05, 0.1) is 6.26 Å². The number of aliphatic hydroxyl groups excluding tert-OH is 1. The minimum atomic E-state index is 0.826. The molecule has 0 radical (unpaired) electrons. The molecule has 0 atom stereocenters. The lowest BCUT2D eigenvalue weighted by Gasteiger charge is -1.73. The third-order valence-corrected chi connectivity index (χ3v) is 0.613. The van der Waals surface area contributed by atoms with E-state index < -0.39 is 0 Å². The normalized spacial score (nSPS) is 11.6. The summed E-state index contributed by atoms with van der Waals surface area (Å²) in [6.45, 7) is 1.95. The van der Waals surface area contributed by atoms with E-state index in [-0.39, 0.29) is 0 Å². The van der Waals surface area contributed by atoms with Gasteiger partial charge in [0.2, 0.25) is 0 Å². The van der Waals surface area contributed by atoms with Gasteiger partial charge in [-0.15, -0.1) is 0 Å². The number of allylic oxidation sites excluding steroid dienone is 3. The zero-order valence-corrected chi connectivity index (χ0v) is 4.46. The number of hydrogen-bond acceptors (Lipinski definition) is 1. The smallest absolute Gasteiger partial charge is 0.0754 e. The molecule has 0 saturated carbocycles. The first-order valence-corrected chi connectivity index (χ1v) is 2.32. The predicted octanol–water partition coefficient (Wildman–Crippen LogP) is 2.02. The highest BCUT2D eigenvalue weighted by Crippen LogP contribution is 1.81. The van der Waals surface area contributed by atoms with Crippen molar-refractivity contribution in [2.75, 3.05) is 0 Å². The van der Waals surface area contributed by atoms with Gasteiger partial charge in [-0.05, 0) is 19.4 Å². The van der Waals surface area contributed by atoms with Gasteiger partial charge in [0.25, 0.3) is 0 Å². The van der Waals surface area contributed by atoms with Gasteiger partial charge in [-0.1, -0.05) is 12.2 Å². The molecular weight excluding hydrogens is 88.1 g/mol. The van der Waals surface area contributed by atoms with E-state index in [4.69, 9.17) is 5.11 Å². The molecule has 0 rings (SSSR count). The summed E-state index contributed by atoms with van der Waals surface area (Å²) in [6.07, 6.45) is 7.47. The van der Waals surface area contributed by atoms with Crippen LogP contribution in [-0.2, 0) is 0 Å². The minimum absolute atomic E-state index is 0.826. The molecule has 0 saturated heterocycles. The molecule has 1 N–H and O–H groups in total. The van der Waals surface area contributed by atoms with Crippen molar-refractivity contribution in [2.45, 2.75) is 13.3 Å². The molecule has 7 heavy (non-hydrogen) atoms. The molecule has 0 aliphatic carbocycles. The van der Waals surface area contributed by atoms with Crippen LogP contribution in [-0.4, -0.2) is 5.11 Å². The molecule has 0 amide bonds. The van der Waals surface area contributed by atoms with Crippen molar-refractivity contribution in [1.82, 2.24) is 0 Å². The predicted molar refractivity (Wildman–Crippen MR) is 31.2 cm³/mol. The fourth-order valence-electron chi connectivity index (χ4n) is 0.276. The second kappa shape index (κ2) is 5.28. The van der Waals surface area contributed by atoms with Crippen LogP contribution in [0.3, 0.4) is 0 Å². The van der Waals surface area contributed by atoms with Crippen LogP contribution < -0.4 is 0 Å². The second-order valence-electron chi connectivity index (χ2n) is 1.19. The fraction of sp³-hybridized carbons (Fsp3) is 0.333. The Bertz CT molecular complexity index is 62.2. The van der Waals surface area contributed by atoms with Crippen molar-refractivity contribution < 1.29 is 5.11 Å². The fourth-order valence-corrected chi connectivity index (χ4v) is 0.276. The Balaban J connectivity index is 2.98. The molecule has 0 spiro atoms. The molecule has 0 aromatic carbocycles. The van der Waals surface area contributed by atoms with Gasteiger partial charge in [0.1, 0.15) is 0 Å². The van der Waals surface area contributed by atoms with Crippen LogP contribution in [0.2, 0.25) is 0 Å². The van der Waals surface area contributed by atoms with Crippen LogP contribution in [0.25, 0.3) is 0 Å². The molecule has 1 heteroatoms. The zero-order valence-electron chi connectivity index (χ0n) is 4.46. The third-order valence-electron chi connectivity index (χ3n) is 0.613. The van der Waals surface area contributed by atoms with Crippen LogP contribution in [0, 0.1) is 0 Å². The molecule has 0 unspecified atom stereocenters. The van der Waals surface area contributed by atoms with E-state index in [2.05, 4.69) is 0 Å². The molecule has 0 fully saturated rings. The maximum absolute atomic E-state index is 8.08. The monoisotopic (exact) mass is 98.1 g/mol. The van der Waals surface area contributed by atoms with Gasteiger partial charge >= 0.3 is 0 Å². The molecule has 0 heterocycles. The zero-order chi connectivity index (χ0) is 5.54. The maximum Gasteiger partial charge on any atom is 0.0754 e. The molecule has 1 nitrogen and oxygen atoms in total. The summed E-state index contributed by atoms with van der Waals surface area (Å²) in [5, 5.41) is 8.08. The molecule has 0 aromatic heterocycles. The Labute approximate surface area is 44.0 Å². The van der Waals surface area contributed by atoms with Gasteiger partial charge in [-0.25, -0.2) is 0 Å². The minimum Gasteiger partial charge on any atom is -0.516 e. The first-order chi connectivity index (χ1) is 3.41. The number of aliphatic hydroxyl groups is 1. The Morgan fingerprint density at radius 1 is 1.43 bits per heavy atom. The van der Waals surface area contributed by atoms with Crippen LogP contribution in [0.15, 0.2) is 24.5 Å². The van der Waals surface area contributed by atoms with E-state index in [9.17, 15) is 0 Å². The number of rotatable bonds is 2. The summed E-state index contributed by atoms with van der Waals surface area (Å²) in [5.74, 6) is 0. The van der Waals surface area contributed by atoms with E-state index >= 15 is 0 Å². The van der Waals surface area contributed by atoms with Crippen molar-refractivity contribution >= 4 is 0 Å². The topological polar surface area (TPSA) is 20.2 Å². The summed E-state index contributed by atoms with van der Waals surface area (Å²) < 4.78 is 0. The molecule has 0 aromatic rings. The number of hydrogen-bond donors (Lipinski definition) is 1. The standard InChI is InChI=1S/C6H10O/c1-2-3-4-5-6-7/h2-3,5-7H,4H2,1H3/b3-2-,6-5-. The molecule has 0 bridgehead atoms. The summed E-state index contributed by atoms with van der Waals surface area (Å²) >= 11 is 0. The van der Waals surface area contributed by atoms with Gasteiger partial charge in [0.15, 0.2) is 0 Å². The average molecular weight is 98.1 g/mol. The summed E-state index contributed by atoms with van der Waals surface area (Å²) in [4.78, 5) is 0. The molecule has 0 aliphatic heterocycles. The van der Waals surface area contributed by atoms with Crippen molar-refractivity contribution in [2.24, 2.45) is 0 Å². The lowest BCUT2D eigenvalue weighted by atomic mass is 10.4. The van der Waals surface area contributed by atoms with Crippen LogP contribution >= 0.6 is 0 Å². The van der Waals surface area contributed by atoms with Gasteiger partial charge in [0, 0.05) is 0 Å². The Kier molecular flexibility index (Phi) is 4.74. The lowest BCUT2D eigenvalue weighted by Crippen LogP contribution is -1.54. The first-order valence-electron chi connectivity index (χ1n) is 2.32. The van der Waals surface area contributed by atoms with Crippen LogP contribution in [0.4, 0.5) is 0 Å². The van der Waals surface area contributed by atoms with E-state index in [0.29, 0.717) is 0 Å². The van der Waals surface area contributed by atoms with E-state index in [0.717, 1.165) is 12.7 Å². The van der Waals surface area contributed by atoms with Crippen molar-refractivity contribution in [3.05, 3.63) is 24.5 Å². The molecular formula is C6H10O. The average Bonchev–Trinajstić information content (AvgIpc) is 1.69. The quantitative estimate of drug-likeness (QED) is 0.414. The molecule has 0 aliphatic rings. The summed E-state index contributed by atoms with van der Waals surface area (Å²) in [6, 6.07) is 0. The van der Waals surface area contributed by atoms with Crippen molar-refractivity contribution in [3.63, 3.8) is 0 Å². The highest BCUT2D eigenvalue weighted by atomic mass is 16.2. The summed E-state index contributed by atoms with van der Waals surface area (Å²) in [7, 11) is 0. The molecule has 40 valence electrons. The lowest BCUT2D eigenvalue weighted by molar-refractivity contribution is 0.471. The largest absolute Gasteiger partial charge is 0.516 e. The Morgan fingerprint density at radius 3 is 2.57 bits per heavy atom. The Morgan fingerprint density at radius 2 is 2.14 bits per heavy atom. The van der Waals surface area contributed by atoms with Gasteiger partial charge in [-0.3, -0.25) is 0 Å². The van der Waals surface area contributed by atoms with E-state index in [1.165, 1.54) is 0 Å². The summed E-state index contributed by atoms with van der Waals surface area (Å²) in [5.41, 5.74) is 0. The van der Waals surface area contributed by atoms with E-state index in [1.54, 1.807) is 6.08 Å². The van der Waals surface area contributed by atoms with Gasteiger partial charge in [-0.2, -0.15) is 0 Å². The highest BCUT2D eigenvalue weighted by Gasteiger charge is 1.62. The second-order valence-corrected chi connectivity index (χ2v) is 1.19. The maximum atomic E-state index is 8.08. The SMILES string of the molecule is C/C=C\C/C=C\O. The third kappa shape index (κ3) is 5.28. The van der Waals surface area contributed by atoms with Crippen molar-refractivity contribution in [3.8, 4) is 0 Å². The Hall–Kier alpha value is -0.720. The van der Waals surface area contributed by atoms with Crippen LogP contribution in [0.5, 0.6) is 0 Å². The van der Waals surface area contributed by atoms with Gasteiger partial charge < -0.3 is 5.11 Å². The first kappa shape index (κ1) is 6.28. The van der Waals surface area contributed by atoms with E-state index in [1.807, 2.05) is 19.1 Å². The highest BCUT2D eigenvalue weighted by molar-refractivity contribution is 4.86. The van der Waals surface area contributed by atoms with Crippen LogP contribution in [0.1, 0.15) is 13.3 Å². The van der Waals surface area contributed by atoms with Crippen molar-refractivity contribution in [1.29, 1.82) is 0 Å².